The Balaban J connectivity index is 1.72. The topological polar surface area (TPSA) is 29.5 Å². The summed E-state index contributed by atoms with van der Waals surface area (Å²) in [6.45, 7) is 5.46. The first-order valence-electron chi connectivity index (χ1n) is 6.82. The molecule has 2 heterocycles. The van der Waals surface area contributed by atoms with E-state index in [1.807, 2.05) is 24.0 Å². The van der Waals surface area contributed by atoms with Gasteiger partial charge in [-0.25, -0.2) is 0 Å². The van der Waals surface area contributed by atoms with Gasteiger partial charge in [0, 0.05) is 11.4 Å². The standard InChI is InChI=1S/C15H19NO2S/c1-10-9-18-11(2)8-16(10)15(17)14-7-12-5-3-4-6-13(12)19-14/h3-6,10-11,14H,7-9H2,1-2H3. The van der Waals surface area contributed by atoms with Crippen LogP contribution in [-0.4, -0.2) is 41.4 Å². The second kappa shape index (κ2) is 5.17. The summed E-state index contributed by atoms with van der Waals surface area (Å²) in [6, 6.07) is 8.51. The van der Waals surface area contributed by atoms with Crippen LogP contribution in [0.15, 0.2) is 29.2 Å². The van der Waals surface area contributed by atoms with Crippen molar-refractivity contribution in [3.63, 3.8) is 0 Å². The molecule has 3 rings (SSSR count). The van der Waals surface area contributed by atoms with Crippen molar-refractivity contribution in [2.24, 2.45) is 0 Å². The quantitative estimate of drug-likeness (QED) is 0.789. The van der Waals surface area contributed by atoms with E-state index in [2.05, 4.69) is 19.1 Å². The van der Waals surface area contributed by atoms with Gasteiger partial charge >= 0.3 is 0 Å². The second-order valence-corrected chi connectivity index (χ2v) is 6.65. The average molecular weight is 277 g/mol. The molecule has 0 aromatic heterocycles. The fourth-order valence-corrected chi connectivity index (χ4v) is 3.98. The lowest BCUT2D eigenvalue weighted by Gasteiger charge is -2.38. The highest BCUT2D eigenvalue weighted by Crippen LogP contribution is 2.38. The van der Waals surface area contributed by atoms with Crippen LogP contribution in [0.25, 0.3) is 0 Å². The summed E-state index contributed by atoms with van der Waals surface area (Å²) in [5.74, 6) is 0.267. The van der Waals surface area contributed by atoms with Gasteiger partial charge in [0.1, 0.15) is 0 Å². The Hall–Kier alpha value is -1.00. The first-order valence-corrected chi connectivity index (χ1v) is 7.70. The van der Waals surface area contributed by atoms with Gasteiger partial charge in [-0.2, -0.15) is 0 Å². The Morgan fingerprint density at radius 2 is 2.16 bits per heavy atom. The van der Waals surface area contributed by atoms with Gasteiger partial charge in [0.2, 0.25) is 5.91 Å². The molecule has 0 saturated carbocycles. The Bertz CT molecular complexity index is 466. The molecule has 0 radical (unpaired) electrons. The second-order valence-electron chi connectivity index (χ2n) is 5.40. The van der Waals surface area contributed by atoms with Crippen molar-refractivity contribution >= 4 is 17.7 Å². The largest absolute Gasteiger partial charge is 0.375 e. The van der Waals surface area contributed by atoms with Crippen LogP contribution in [0.2, 0.25) is 0 Å². The molecule has 2 aliphatic rings. The maximum Gasteiger partial charge on any atom is 0.236 e. The fourth-order valence-electron chi connectivity index (χ4n) is 2.72. The van der Waals surface area contributed by atoms with Gasteiger partial charge in [-0.05, 0) is 31.9 Å². The van der Waals surface area contributed by atoms with E-state index in [0.717, 1.165) is 6.42 Å². The molecule has 0 aliphatic carbocycles. The summed E-state index contributed by atoms with van der Waals surface area (Å²) < 4.78 is 5.59. The van der Waals surface area contributed by atoms with Crippen molar-refractivity contribution in [1.82, 2.24) is 4.90 Å². The van der Waals surface area contributed by atoms with Crippen LogP contribution in [0.3, 0.4) is 0 Å². The zero-order valence-electron chi connectivity index (χ0n) is 11.3. The summed E-state index contributed by atoms with van der Waals surface area (Å²) in [7, 11) is 0. The predicted octanol–water partition coefficient (Wildman–Crippen LogP) is 2.34. The van der Waals surface area contributed by atoms with E-state index in [9.17, 15) is 4.79 Å². The molecular formula is C15H19NO2S. The summed E-state index contributed by atoms with van der Waals surface area (Å²) in [5.41, 5.74) is 1.31. The summed E-state index contributed by atoms with van der Waals surface area (Å²) in [4.78, 5) is 15.9. The lowest BCUT2D eigenvalue weighted by molar-refractivity contribution is -0.142. The number of carbonyl (C=O) groups is 1. The van der Waals surface area contributed by atoms with Crippen molar-refractivity contribution in [1.29, 1.82) is 0 Å². The third kappa shape index (κ3) is 2.51. The van der Waals surface area contributed by atoms with Gasteiger partial charge in [-0.1, -0.05) is 18.2 Å². The Morgan fingerprint density at radius 1 is 1.37 bits per heavy atom. The molecule has 0 N–H and O–H groups in total. The van der Waals surface area contributed by atoms with Crippen LogP contribution >= 0.6 is 11.8 Å². The minimum absolute atomic E-state index is 0.0464. The van der Waals surface area contributed by atoms with Gasteiger partial charge < -0.3 is 9.64 Å². The van der Waals surface area contributed by atoms with Gasteiger partial charge in [0.15, 0.2) is 0 Å². The number of amides is 1. The fraction of sp³-hybridized carbons (Fsp3) is 0.533. The molecule has 3 nitrogen and oxygen atoms in total. The van der Waals surface area contributed by atoms with E-state index < -0.39 is 0 Å². The van der Waals surface area contributed by atoms with Gasteiger partial charge in [0.05, 0.1) is 24.0 Å². The lowest BCUT2D eigenvalue weighted by atomic mass is 10.1. The van der Waals surface area contributed by atoms with Crippen LogP contribution < -0.4 is 0 Å². The van der Waals surface area contributed by atoms with E-state index >= 15 is 0 Å². The maximum atomic E-state index is 12.7. The van der Waals surface area contributed by atoms with Crippen molar-refractivity contribution < 1.29 is 9.53 Å². The van der Waals surface area contributed by atoms with Crippen LogP contribution in [0.5, 0.6) is 0 Å². The van der Waals surface area contributed by atoms with Crippen molar-refractivity contribution in [2.45, 2.75) is 42.6 Å². The molecule has 1 aromatic carbocycles. The number of morpholine rings is 1. The molecule has 2 aliphatic heterocycles. The third-order valence-electron chi connectivity index (χ3n) is 3.81. The summed E-state index contributed by atoms with van der Waals surface area (Å²) >= 11 is 1.71. The van der Waals surface area contributed by atoms with Crippen molar-refractivity contribution in [2.75, 3.05) is 13.2 Å². The number of benzene rings is 1. The molecule has 3 atom stereocenters. The van der Waals surface area contributed by atoms with E-state index in [0.29, 0.717) is 13.2 Å². The molecule has 3 unspecified atom stereocenters. The highest BCUT2D eigenvalue weighted by Gasteiger charge is 2.35. The van der Waals surface area contributed by atoms with Crippen molar-refractivity contribution in [3.05, 3.63) is 29.8 Å². The van der Waals surface area contributed by atoms with Crippen LogP contribution in [0, 0.1) is 0 Å². The first kappa shape index (κ1) is 13.0. The molecule has 19 heavy (non-hydrogen) atoms. The number of nitrogens with zero attached hydrogens (tertiary/aromatic N) is 1. The Morgan fingerprint density at radius 3 is 2.95 bits per heavy atom. The van der Waals surface area contributed by atoms with Gasteiger partial charge in [-0.3, -0.25) is 4.79 Å². The lowest BCUT2D eigenvalue weighted by Crippen LogP contribution is -2.52. The number of hydrogen-bond donors (Lipinski definition) is 0. The van der Waals surface area contributed by atoms with E-state index in [1.54, 1.807) is 11.8 Å². The highest BCUT2D eigenvalue weighted by atomic mass is 32.2. The minimum atomic E-state index is 0.0464. The van der Waals surface area contributed by atoms with Gasteiger partial charge in [0.25, 0.3) is 0 Å². The van der Waals surface area contributed by atoms with Crippen molar-refractivity contribution in [3.8, 4) is 0 Å². The van der Waals surface area contributed by atoms with Crippen LogP contribution in [0.1, 0.15) is 19.4 Å². The molecule has 4 heteroatoms. The van der Waals surface area contributed by atoms with E-state index in [4.69, 9.17) is 4.74 Å². The molecule has 0 spiro atoms. The number of carbonyl (C=O) groups excluding carboxylic acids is 1. The smallest absolute Gasteiger partial charge is 0.236 e. The number of rotatable bonds is 1. The maximum absolute atomic E-state index is 12.7. The Labute approximate surface area is 118 Å². The first-order chi connectivity index (χ1) is 9.15. The molecule has 1 aromatic rings. The third-order valence-corrected chi connectivity index (χ3v) is 5.12. The zero-order chi connectivity index (χ0) is 13.4. The molecule has 1 amide bonds. The minimum Gasteiger partial charge on any atom is -0.375 e. The number of fused-ring (bicyclic) bond motifs is 1. The summed E-state index contributed by atoms with van der Waals surface area (Å²) in [5, 5.41) is 0.0464. The number of ether oxygens (including phenoxy) is 1. The van der Waals surface area contributed by atoms with Gasteiger partial charge in [-0.15, -0.1) is 11.8 Å². The van der Waals surface area contributed by atoms with Crippen LogP contribution in [-0.2, 0) is 16.0 Å². The summed E-state index contributed by atoms with van der Waals surface area (Å²) in [6.07, 6.45) is 1.01. The molecular weight excluding hydrogens is 258 g/mol. The Kier molecular flexibility index (Phi) is 3.54. The van der Waals surface area contributed by atoms with Crippen LogP contribution in [0.4, 0.5) is 0 Å². The molecule has 1 fully saturated rings. The number of hydrogen-bond acceptors (Lipinski definition) is 3. The number of thioether (sulfide) groups is 1. The molecule has 1 saturated heterocycles. The monoisotopic (exact) mass is 277 g/mol. The predicted molar refractivity (Wildman–Crippen MR) is 76.4 cm³/mol. The average Bonchev–Trinajstić information content (AvgIpc) is 2.84. The molecule has 102 valence electrons. The normalized spacial score (nSPS) is 30.2. The van der Waals surface area contributed by atoms with E-state index in [1.165, 1.54) is 10.5 Å². The zero-order valence-corrected chi connectivity index (χ0v) is 12.2. The SMILES string of the molecule is CC1CN(C(=O)C2Cc3ccccc3S2)C(C)CO1. The van der Waals surface area contributed by atoms with E-state index in [-0.39, 0.29) is 23.3 Å². The highest BCUT2D eigenvalue weighted by molar-refractivity contribution is 8.01. The molecule has 0 bridgehead atoms.